The fraction of sp³-hybridized carbons (Fsp3) is 0.387. The van der Waals surface area contributed by atoms with E-state index in [1.54, 1.807) is 49.3 Å². The molecule has 2 aromatic carbocycles. The third-order valence-corrected chi connectivity index (χ3v) is 8.53. The maximum absolute atomic E-state index is 14.6. The number of likely N-dealkylation sites (tertiary alicyclic amines) is 1. The number of hydrogen-bond acceptors (Lipinski definition) is 7. The molecule has 0 aliphatic carbocycles. The predicted octanol–water partition coefficient (Wildman–Crippen LogP) is 2.81. The number of fused-ring (bicyclic) bond motifs is 2. The minimum Gasteiger partial charge on any atom is -0.497 e. The molecule has 0 bridgehead atoms. The maximum atomic E-state index is 14.6. The quantitative estimate of drug-likeness (QED) is 0.456. The number of carbonyl (C=O) groups excluding carboxylic acids is 3. The van der Waals surface area contributed by atoms with Crippen molar-refractivity contribution in [3.63, 3.8) is 0 Å². The molecular weight excluding hydrogens is 512 g/mol. The van der Waals surface area contributed by atoms with Crippen LogP contribution in [-0.2, 0) is 23.9 Å². The fourth-order valence-corrected chi connectivity index (χ4v) is 6.79. The van der Waals surface area contributed by atoms with Crippen molar-refractivity contribution in [2.75, 3.05) is 31.8 Å². The van der Waals surface area contributed by atoms with E-state index in [1.165, 1.54) is 4.90 Å². The van der Waals surface area contributed by atoms with Crippen LogP contribution in [0, 0.1) is 11.8 Å². The number of esters is 1. The van der Waals surface area contributed by atoms with Crippen molar-refractivity contribution in [2.24, 2.45) is 11.8 Å². The second kappa shape index (κ2) is 9.91. The number of ether oxygens (including phenoxy) is 3. The highest BCUT2D eigenvalue weighted by Gasteiger charge is 2.75. The van der Waals surface area contributed by atoms with Gasteiger partial charge in [-0.1, -0.05) is 54.6 Å². The molecule has 2 aromatic rings. The summed E-state index contributed by atoms with van der Waals surface area (Å²) in [5.41, 5.74) is -1.32. The van der Waals surface area contributed by atoms with Gasteiger partial charge in [0.15, 0.2) is 0 Å². The van der Waals surface area contributed by atoms with Gasteiger partial charge in [0.1, 0.15) is 23.3 Å². The molecular formula is C31H32N2O7. The lowest BCUT2D eigenvalue weighted by Gasteiger charge is -2.40. The van der Waals surface area contributed by atoms with E-state index in [9.17, 15) is 19.5 Å². The smallest absolute Gasteiger partial charge is 0.313 e. The van der Waals surface area contributed by atoms with Crippen LogP contribution in [-0.4, -0.2) is 71.9 Å². The Labute approximate surface area is 232 Å². The lowest BCUT2D eigenvalue weighted by molar-refractivity contribution is -0.160. The van der Waals surface area contributed by atoms with Gasteiger partial charge in [0.05, 0.1) is 37.9 Å². The Kier molecular flexibility index (Phi) is 6.51. The summed E-state index contributed by atoms with van der Waals surface area (Å²) in [6.07, 6.45) is 7.84. The van der Waals surface area contributed by atoms with Gasteiger partial charge in [0, 0.05) is 12.2 Å². The highest BCUT2D eigenvalue weighted by Crippen LogP contribution is 2.58. The van der Waals surface area contributed by atoms with Gasteiger partial charge in [-0.05, 0) is 43.2 Å². The standard InChI is InChI=1S/C31H32N2O7/c1-30-15-6-7-18-39-29(37)25(30)24-27(35)33(23(19-34)20-9-4-3-5-10-20)26-28(36)32(17-8-16-31(24,26)40-30)21-11-13-22(38-2)14-12-21/h3-6,8-16,23-26,34H,7,17-19H2,1-2H3/t23-,24+,25-,26?,30+,31+/m1/s1. The molecule has 4 aliphatic rings. The lowest BCUT2D eigenvalue weighted by Crippen LogP contribution is -2.57. The number of aliphatic hydroxyl groups is 1. The number of cyclic esters (lactones) is 1. The monoisotopic (exact) mass is 544 g/mol. The van der Waals surface area contributed by atoms with Crippen LogP contribution in [0.15, 0.2) is 78.9 Å². The summed E-state index contributed by atoms with van der Waals surface area (Å²) in [5, 5.41) is 10.6. The molecule has 0 saturated carbocycles. The van der Waals surface area contributed by atoms with Crippen molar-refractivity contribution in [2.45, 2.75) is 36.6 Å². The molecule has 4 aliphatic heterocycles. The molecule has 0 radical (unpaired) electrons. The number of nitrogens with zero attached hydrogens (tertiary/aromatic N) is 2. The molecule has 1 unspecified atom stereocenters. The molecule has 208 valence electrons. The second-order valence-corrected chi connectivity index (χ2v) is 10.8. The van der Waals surface area contributed by atoms with Crippen molar-refractivity contribution in [1.82, 2.24) is 4.90 Å². The van der Waals surface area contributed by atoms with Gasteiger partial charge in [-0.25, -0.2) is 0 Å². The number of benzene rings is 2. The lowest BCUT2D eigenvalue weighted by atomic mass is 9.74. The number of aliphatic hydroxyl groups excluding tert-OH is 1. The first-order valence-corrected chi connectivity index (χ1v) is 13.5. The van der Waals surface area contributed by atoms with E-state index in [4.69, 9.17) is 14.2 Å². The zero-order chi connectivity index (χ0) is 28.1. The van der Waals surface area contributed by atoms with Crippen molar-refractivity contribution < 1.29 is 33.7 Å². The SMILES string of the molecule is COc1ccc(N2CC=C[C@]34O[C@@]5(C)C=CCCOC(=O)[C@H]5[C@H]3C(=O)N([C@H](CO)c3ccccc3)C4C2=O)cc1. The van der Waals surface area contributed by atoms with Gasteiger partial charge in [-0.3, -0.25) is 14.4 Å². The Balaban J connectivity index is 1.52. The molecule has 2 saturated heterocycles. The Morgan fingerprint density at radius 2 is 1.75 bits per heavy atom. The van der Waals surface area contributed by atoms with Crippen LogP contribution >= 0.6 is 0 Å². The Morgan fingerprint density at radius 1 is 1.00 bits per heavy atom. The van der Waals surface area contributed by atoms with Crippen LogP contribution in [0.2, 0.25) is 0 Å². The highest BCUT2D eigenvalue weighted by atomic mass is 16.6. The first-order valence-electron chi connectivity index (χ1n) is 13.5. The molecule has 2 amide bonds. The van der Waals surface area contributed by atoms with E-state index in [-0.39, 0.29) is 19.1 Å². The number of amides is 2. The zero-order valence-electron chi connectivity index (χ0n) is 22.4. The van der Waals surface area contributed by atoms with E-state index >= 15 is 0 Å². The predicted molar refractivity (Wildman–Crippen MR) is 145 cm³/mol. The summed E-state index contributed by atoms with van der Waals surface area (Å²) in [7, 11) is 1.57. The van der Waals surface area contributed by atoms with E-state index in [0.29, 0.717) is 23.4 Å². The summed E-state index contributed by atoms with van der Waals surface area (Å²) >= 11 is 0. The Morgan fingerprint density at radius 3 is 2.45 bits per heavy atom. The number of rotatable bonds is 5. The van der Waals surface area contributed by atoms with Crippen LogP contribution in [0.3, 0.4) is 0 Å². The van der Waals surface area contributed by atoms with Gasteiger partial charge in [-0.2, -0.15) is 0 Å². The molecule has 6 atom stereocenters. The number of hydrogen-bond donors (Lipinski definition) is 1. The van der Waals surface area contributed by atoms with Crippen LogP contribution in [0.4, 0.5) is 5.69 Å². The van der Waals surface area contributed by atoms with Crippen molar-refractivity contribution in [1.29, 1.82) is 0 Å². The molecule has 2 fully saturated rings. The summed E-state index contributed by atoms with van der Waals surface area (Å²) < 4.78 is 17.6. The highest BCUT2D eigenvalue weighted by molar-refractivity contribution is 6.05. The van der Waals surface area contributed by atoms with Crippen LogP contribution < -0.4 is 9.64 Å². The van der Waals surface area contributed by atoms with Crippen LogP contribution in [0.5, 0.6) is 5.75 Å². The molecule has 9 nitrogen and oxygen atoms in total. The first kappa shape index (κ1) is 26.3. The second-order valence-electron chi connectivity index (χ2n) is 10.8. The summed E-state index contributed by atoms with van der Waals surface area (Å²) in [5.74, 6) is -2.66. The maximum Gasteiger partial charge on any atom is 0.313 e. The first-order chi connectivity index (χ1) is 19.3. The van der Waals surface area contributed by atoms with E-state index < -0.39 is 53.6 Å². The number of anilines is 1. The van der Waals surface area contributed by atoms with Crippen LogP contribution in [0.25, 0.3) is 0 Å². The number of carbonyl (C=O) groups is 3. The molecule has 1 spiro atoms. The largest absolute Gasteiger partial charge is 0.497 e. The average Bonchev–Trinajstić information content (AvgIpc) is 3.28. The third-order valence-electron chi connectivity index (χ3n) is 8.53. The zero-order valence-corrected chi connectivity index (χ0v) is 22.4. The molecule has 9 heteroatoms. The molecule has 0 aromatic heterocycles. The Hall–Kier alpha value is -3.95. The van der Waals surface area contributed by atoms with Gasteiger partial charge in [0.2, 0.25) is 5.91 Å². The van der Waals surface area contributed by atoms with E-state index in [0.717, 1.165) is 0 Å². The molecule has 6 rings (SSSR count). The van der Waals surface area contributed by atoms with Gasteiger partial charge < -0.3 is 29.1 Å². The minimum atomic E-state index is -1.45. The van der Waals surface area contributed by atoms with Crippen molar-refractivity contribution >= 4 is 23.5 Å². The Bertz CT molecular complexity index is 1370. The summed E-state index contributed by atoms with van der Waals surface area (Å²) in [6, 6.07) is 14.2. The molecule has 40 heavy (non-hydrogen) atoms. The molecule has 1 N–H and O–H groups in total. The van der Waals surface area contributed by atoms with Crippen molar-refractivity contribution in [3.05, 3.63) is 84.5 Å². The van der Waals surface area contributed by atoms with Gasteiger partial charge in [-0.15, -0.1) is 0 Å². The minimum absolute atomic E-state index is 0.201. The van der Waals surface area contributed by atoms with E-state index in [1.807, 2.05) is 48.6 Å². The normalized spacial score (nSPS) is 32.0. The topological polar surface area (TPSA) is 106 Å². The third kappa shape index (κ3) is 3.87. The van der Waals surface area contributed by atoms with Crippen molar-refractivity contribution in [3.8, 4) is 5.75 Å². The van der Waals surface area contributed by atoms with Gasteiger partial charge >= 0.3 is 5.97 Å². The number of methoxy groups -OCH3 is 1. The fourth-order valence-electron chi connectivity index (χ4n) is 6.79. The van der Waals surface area contributed by atoms with E-state index in [2.05, 4.69) is 0 Å². The van der Waals surface area contributed by atoms with Gasteiger partial charge in [0.25, 0.3) is 5.91 Å². The summed E-state index contributed by atoms with van der Waals surface area (Å²) in [6.45, 7) is 1.79. The molecule has 4 heterocycles. The summed E-state index contributed by atoms with van der Waals surface area (Å²) in [4.78, 5) is 45.6. The average molecular weight is 545 g/mol. The van der Waals surface area contributed by atoms with Crippen LogP contribution in [0.1, 0.15) is 24.9 Å².